The molecule has 1 N–H and O–H groups in total. The minimum Gasteiger partial charge on any atom is -0.469 e. The van der Waals surface area contributed by atoms with Crippen molar-refractivity contribution >= 4 is 29.9 Å². The van der Waals surface area contributed by atoms with Crippen LogP contribution >= 0.6 is 24.0 Å². The molecule has 0 saturated carbocycles. The molecule has 7 nitrogen and oxygen atoms in total. The molecular weight excluding hydrogens is 457 g/mol. The number of aromatic nitrogens is 1. The molecule has 1 aliphatic heterocycles. The Labute approximate surface area is 178 Å². The smallest absolute Gasteiger partial charge is 0.194 e. The number of halogens is 1. The van der Waals surface area contributed by atoms with E-state index in [4.69, 9.17) is 13.9 Å². The first-order chi connectivity index (χ1) is 12.7. The van der Waals surface area contributed by atoms with Gasteiger partial charge in [0.05, 0.1) is 12.0 Å². The number of piperazine rings is 1. The molecule has 8 heteroatoms. The van der Waals surface area contributed by atoms with Crippen LogP contribution in [0.1, 0.15) is 31.7 Å². The van der Waals surface area contributed by atoms with Crippen molar-refractivity contribution in [2.75, 3.05) is 32.7 Å². The first-order valence-electron chi connectivity index (χ1n) is 9.44. The van der Waals surface area contributed by atoms with Crippen LogP contribution in [0, 0.1) is 0 Å². The Morgan fingerprint density at radius 3 is 2.70 bits per heavy atom. The van der Waals surface area contributed by atoms with Gasteiger partial charge in [-0.1, -0.05) is 12.1 Å². The van der Waals surface area contributed by atoms with E-state index in [-0.39, 0.29) is 24.0 Å². The fourth-order valence-electron chi connectivity index (χ4n) is 2.95. The third kappa shape index (κ3) is 6.84. The van der Waals surface area contributed by atoms with E-state index in [9.17, 15) is 0 Å². The number of nitrogens with zero attached hydrogens (tertiary/aromatic N) is 4. The Kier molecular flexibility index (Phi) is 9.12. The summed E-state index contributed by atoms with van der Waals surface area (Å²) in [4.78, 5) is 9.59. The average Bonchev–Trinajstić information content (AvgIpc) is 3.35. The van der Waals surface area contributed by atoms with Gasteiger partial charge in [-0.3, -0.25) is 9.89 Å². The molecule has 1 fully saturated rings. The zero-order valence-electron chi connectivity index (χ0n) is 16.1. The highest BCUT2D eigenvalue weighted by Gasteiger charge is 2.21. The minimum atomic E-state index is 0. The van der Waals surface area contributed by atoms with Crippen molar-refractivity contribution in [3.63, 3.8) is 0 Å². The monoisotopic (exact) mass is 487 g/mol. The van der Waals surface area contributed by atoms with Crippen molar-refractivity contribution in [2.24, 2.45) is 4.99 Å². The number of aliphatic imine (C=N–C) groups is 1. The van der Waals surface area contributed by atoms with Gasteiger partial charge in [0.25, 0.3) is 0 Å². The lowest BCUT2D eigenvalue weighted by atomic mass is 10.2. The fraction of sp³-hybridized carbons (Fsp3) is 0.579. The van der Waals surface area contributed by atoms with Crippen molar-refractivity contribution in [1.29, 1.82) is 0 Å². The summed E-state index contributed by atoms with van der Waals surface area (Å²) in [7, 11) is 0. The zero-order valence-corrected chi connectivity index (χ0v) is 18.5. The van der Waals surface area contributed by atoms with Crippen molar-refractivity contribution in [3.8, 4) is 0 Å². The third-order valence-electron chi connectivity index (χ3n) is 4.74. The molecule has 1 aliphatic rings. The predicted molar refractivity (Wildman–Crippen MR) is 116 cm³/mol. The lowest BCUT2D eigenvalue weighted by molar-refractivity contribution is 0.168. The molecule has 1 unspecified atom stereocenters. The number of nitrogens with one attached hydrogen (secondary N) is 1. The maximum Gasteiger partial charge on any atom is 0.194 e. The minimum absolute atomic E-state index is 0. The standard InChI is InChI=1S/C19H29N5O2.HI/c1-3-16(2)21-19(20-8-6-18-5-4-13-25-18)24-11-9-23(10-12-24)15-17-7-14-26-22-17;/h4-5,7,13-14,16H,3,6,8-12,15H2,1-2H3,(H,20,21);1H. The second-order valence-electron chi connectivity index (χ2n) is 6.74. The van der Waals surface area contributed by atoms with Gasteiger partial charge in [0, 0.05) is 57.8 Å². The second kappa shape index (κ2) is 11.3. The molecule has 0 spiro atoms. The second-order valence-corrected chi connectivity index (χ2v) is 6.74. The van der Waals surface area contributed by atoms with Gasteiger partial charge < -0.3 is 19.2 Å². The quantitative estimate of drug-likeness (QED) is 0.368. The van der Waals surface area contributed by atoms with Crippen molar-refractivity contribution in [3.05, 3.63) is 42.2 Å². The lowest BCUT2D eigenvalue weighted by Gasteiger charge is -2.37. The molecule has 3 rings (SSSR count). The van der Waals surface area contributed by atoms with Crippen LogP contribution in [0.25, 0.3) is 0 Å². The number of hydrogen-bond donors (Lipinski definition) is 1. The first-order valence-corrected chi connectivity index (χ1v) is 9.44. The zero-order chi connectivity index (χ0) is 18.2. The maximum absolute atomic E-state index is 5.40. The van der Waals surface area contributed by atoms with E-state index >= 15 is 0 Å². The maximum atomic E-state index is 5.40. The summed E-state index contributed by atoms with van der Waals surface area (Å²) in [5.41, 5.74) is 0.989. The van der Waals surface area contributed by atoms with Crippen LogP contribution < -0.4 is 5.32 Å². The summed E-state index contributed by atoms with van der Waals surface area (Å²) in [5, 5.41) is 7.58. The van der Waals surface area contributed by atoms with Crippen LogP contribution in [0.5, 0.6) is 0 Å². The van der Waals surface area contributed by atoms with E-state index in [1.54, 1.807) is 12.5 Å². The molecule has 0 aliphatic carbocycles. The Hall–Kier alpha value is -1.55. The Balaban J connectivity index is 0.00000261. The van der Waals surface area contributed by atoms with Crippen LogP contribution in [0.4, 0.5) is 0 Å². The van der Waals surface area contributed by atoms with Crippen molar-refractivity contribution in [1.82, 2.24) is 20.3 Å². The van der Waals surface area contributed by atoms with Gasteiger partial charge in [-0.2, -0.15) is 0 Å². The van der Waals surface area contributed by atoms with Gasteiger partial charge in [-0.05, 0) is 25.5 Å². The van der Waals surface area contributed by atoms with Gasteiger partial charge in [0.15, 0.2) is 5.96 Å². The number of guanidine groups is 1. The Morgan fingerprint density at radius 2 is 2.07 bits per heavy atom. The topological polar surface area (TPSA) is 70.0 Å². The van der Waals surface area contributed by atoms with Crippen LogP contribution in [0.2, 0.25) is 0 Å². The van der Waals surface area contributed by atoms with E-state index in [1.807, 2.05) is 18.2 Å². The molecule has 0 amide bonds. The van der Waals surface area contributed by atoms with Gasteiger partial charge in [0.1, 0.15) is 12.0 Å². The van der Waals surface area contributed by atoms with Crippen LogP contribution in [-0.4, -0.2) is 59.7 Å². The largest absolute Gasteiger partial charge is 0.469 e. The van der Waals surface area contributed by atoms with Crippen LogP contribution in [0.15, 0.2) is 44.7 Å². The van der Waals surface area contributed by atoms with Gasteiger partial charge >= 0.3 is 0 Å². The van der Waals surface area contributed by atoms with Crippen LogP contribution in [0.3, 0.4) is 0 Å². The van der Waals surface area contributed by atoms with Crippen LogP contribution in [-0.2, 0) is 13.0 Å². The highest BCUT2D eigenvalue weighted by molar-refractivity contribution is 14.0. The predicted octanol–water partition coefficient (Wildman–Crippen LogP) is 2.99. The van der Waals surface area contributed by atoms with E-state index in [1.165, 1.54) is 0 Å². The molecule has 0 radical (unpaired) electrons. The Morgan fingerprint density at radius 1 is 1.26 bits per heavy atom. The van der Waals surface area contributed by atoms with Gasteiger partial charge in [-0.25, -0.2) is 0 Å². The number of furan rings is 1. The summed E-state index contributed by atoms with van der Waals surface area (Å²) >= 11 is 0. The highest BCUT2D eigenvalue weighted by atomic mass is 127. The summed E-state index contributed by atoms with van der Waals surface area (Å²) in [6.45, 7) is 9.86. The molecule has 1 saturated heterocycles. The molecule has 2 aromatic heterocycles. The summed E-state index contributed by atoms with van der Waals surface area (Å²) in [6, 6.07) is 6.26. The van der Waals surface area contributed by atoms with Crippen molar-refractivity contribution in [2.45, 2.75) is 39.3 Å². The molecular formula is C19H30IN5O2. The molecule has 27 heavy (non-hydrogen) atoms. The number of rotatable bonds is 7. The lowest BCUT2D eigenvalue weighted by Crippen LogP contribution is -2.53. The number of hydrogen-bond acceptors (Lipinski definition) is 5. The van der Waals surface area contributed by atoms with Crippen molar-refractivity contribution < 1.29 is 8.94 Å². The normalized spacial score (nSPS) is 16.8. The molecule has 1 atom stereocenters. The summed E-state index contributed by atoms with van der Waals surface area (Å²) in [6.07, 6.45) is 5.24. The molecule has 3 heterocycles. The summed E-state index contributed by atoms with van der Waals surface area (Å²) < 4.78 is 10.3. The molecule has 0 bridgehead atoms. The van der Waals surface area contributed by atoms with E-state index in [0.717, 1.165) is 69.5 Å². The Bertz CT molecular complexity index is 652. The van der Waals surface area contributed by atoms with E-state index < -0.39 is 0 Å². The highest BCUT2D eigenvalue weighted by Crippen LogP contribution is 2.08. The van der Waals surface area contributed by atoms with E-state index in [2.05, 4.69) is 34.1 Å². The molecule has 2 aromatic rings. The third-order valence-corrected chi connectivity index (χ3v) is 4.74. The van der Waals surface area contributed by atoms with Gasteiger partial charge in [-0.15, -0.1) is 24.0 Å². The summed E-state index contributed by atoms with van der Waals surface area (Å²) in [5.74, 6) is 1.99. The first kappa shape index (κ1) is 21.7. The van der Waals surface area contributed by atoms with E-state index in [0.29, 0.717) is 6.04 Å². The molecule has 0 aromatic carbocycles. The van der Waals surface area contributed by atoms with Gasteiger partial charge in [0.2, 0.25) is 0 Å². The molecule has 150 valence electrons. The SMILES string of the molecule is CCC(C)NC(=NCCc1ccco1)N1CCN(Cc2ccon2)CC1.I. The fourth-order valence-corrected chi connectivity index (χ4v) is 2.95. The average molecular weight is 487 g/mol.